The lowest BCUT2D eigenvalue weighted by Crippen LogP contribution is -2.15. The van der Waals surface area contributed by atoms with Crippen LogP contribution in [0.25, 0.3) is 11.6 Å². The van der Waals surface area contributed by atoms with Crippen molar-refractivity contribution in [3.05, 3.63) is 47.8 Å². The number of carboxylic acid groups (broad SMARTS) is 1. The SMILES string of the molecule is O=C(O)CS(=O)(=O)c1ccc2c(c1)C(=Cc1ccc[nH]1)C(=O)N2. The Morgan fingerprint density at radius 3 is 2.70 bits per heavy atom. The Labute approximate surface area is 131 Å². The molecule has 2 aromatic rings. The third-order valence-electron chi connectivity index (χ3n) is 3.37. The number of aliphatic carboxylic acids is 1. The van der Waals surface area contributed by atoms with Crippen LogP contribution in [0.5, 0.6) is 0 Å². The largest absolute Gasteiger partial charge is 0.480 e. The van der Waals surface area contributed by atoms with Crippen molar-refractivity contribution >= 4 is 39.1 Å². The summed E-state index contributed by atoms with van der Waals surface area (Å²) in [5.74, 6) is -2.77. The third-order valence-corrected chi connectivity index (χ3v) is 4.97. The van der Waals surface area contributed by atoms with Crippen LogP contribution in [0.15, 0.2) is 41.4 Å². The molecule has 0 atom stereocenters. The molecule has 0 aliphatic carbocycles. The molecule has 1 aromatic carbocycles. The second-order valence-electron chi connectivity index (χ2n) is 5.00. The second-order valence-corrected chi connectivity index (χ2v) is 6.99. The number of aromatic nitrogens is 1. The van der Waals surface area contributed by atoms with E-state index in [0.29, 0.717) is 22.5 Å². The van der Waals surface area contributed by atoms with Gasteiger partial charge in [-0.15, -0.1) is 0 Å². The second kappa shape index (κ2) is 5.40. The lowest BCUT2D eigenvalue weighted by molar-refractivity contribution is -0.134. The zero-order chi connectivity index (χ0) is 16.6. The topological polar surface area (TPSA) is 116 Å². The van der Waals surface area contributed by atoms with Gasteiger partial charge >= 0.3 is 5.97 Å². The van der Waals surface area contributed by atoms with Gasteiger partial charge < -0.3 is 15.4 Å². The van der Waals surface area contributed by atoms with Crippen LogP contribution in [0.2, 0.25) is 0 Å². The van der Waals surface area contributed by atoms with E-state index in [2.05, 4.69) is 10.3 Å². The zero-order valence-corrected chi connectivity index (χ0v) is 12.6. The maximum absolute atomic E-state index is 12.1. The van der Waals surface area contributed by atoms with Crippen molar-refractivity contribution in [2.24, 2.45) is 0 Å². The Kier molecular flexibility index (Phi) is 3.53. The van der Waals surface area contributed by atoms with E-state index in [0.717, 1.165) is 0 Å². The van der Waals surface area contributed by atoms with E-state index >= 15 is 0 Å². The highest BCUT2D eigenvalue weighted by atomic mass is 32.2. The van der Waals surface area contributed by atoms with Gasteiger partial charge in [0.15, 0.2) is 15.6 Å². The molecular weight excluding hydrogens is 320 g/mol. The molecule has 7 nitrogen and oxygen atoms in total. The lowest BCUT2D eigenvalue weighted by Gasteiger charge is -2.04. The van der Waals surface area contributed by atoms with E-state index in [1.54, 1.807) is 24.4 Å². The summed E-state index contributed by atoms with van der Waals surface area (Å²) in [5, 5.41) is 11.4. The summed E-state index contributed by atoms with van der Waals surface area (Å²) >= 11 is 0. The van der Waals surface area contributed by atoms with Gasteiger partial charge in [-0.1, -0.05) is 0 Å². The maximum Gasteiger partial charge on any atom is 0.319 e. The number of carbonyl (C=O) groups is 2. The Balaban J connectivity index is 2.08. The number of rotatable bonds is 4. The monoisotopic (exact) mass is 332 g/mol. The molecule has 0 saturated carbocycles. The van der Waals surface area contributed by atoms with Crippen LogP contribution in [0.3, 0.4) is 0 Å². The summed E-state index contributed by atoms with van der Waals surface area (Å²) in [4.78, 5) is 25.6. The average molecular weight is 332 g/mol. The van der Waals surface area contributed by atoms with Gasteiger partial charge in [-0.2, -0.15) is 0 Å². The molecule has 0 fully saturated rings. The van der Waals surface area contributed by atoms with E-state index in [1.165, 1.54) is 18.2 Å². The van der Waals surface area contributed by atoms with Gasteiger partial charge in [-0.25, -0.2) is 8.42 Å². The smallest absolute Gasteiger partial charge is 0.319 e. The maximum atomic E-state index is 12.1. The summed E-state index contributed by atoms with van der Waals surface area (Å²) < 4.78 is 24.1. The highest BCUT2D eigenvalue weighted by Gasteiger charge is 2.27. The van der Waals surface area contributed by atoms with Crippen LogP contribution < -0.4 is 5.32 Å². The number of carbonyl (C=O) groups excluding carboxylic acids is 1. The van der Waals surface area contributed by atoms with Crippen LogP contribution in [-0.2, 0) is 19.4 Å². The van der Waals surface area contributed by atoms with E-state index in [9.17, 15) is 18.0 Å². The fourth-order valence-electron chi connectivity index (χ4n) is 2.34. The highest BCUT2D eigenvalue weighted by Crippen LogP contribution is 2.34. The number of aromatic amines is 1. The number of benzene rings is 1. The number of sulfone groups is 1. The molecule has 0 saturated heterocycles. The van der Waals surface area contributed by atoms with Gasteiger partial charge in [-0.3, -0.25) is 9.59 Å². The minimum absolute atomic E-state index is 0.132. The van der Waals surface area contributed by atoms with E-state index in [1.807, 2.05) is 0 Å². The fourth-order valence-corrected chi connectivity index (χ4v) is 3.40. The molecule has 1 aliphatic rings. The van der Waals surface area contributed by atoms with Crippen LogP contribution in [0.1, 0.15) is 11.3 Å². The summed E-state index contributed by atoms with van der Waals surface area (Å²) in [7, 11) is -3.96. The Morgan fingerprint density at radius 2 is 2.04 bits per heavy atom. The first-order valence-corrected chi connectivity index (χ1v) is 8.27. The normalized spacial score (nSPS) is 15.5. The number of fused-ring (bicyclic) bond motifs is 1. The number of amides is 1. The third kappa shape index (κ3) is 2.88. The van der Waals surface area contributed by atoms with Crippen LogP contribution >= 0.6 is 0 Å². The predicted molar refractivity (Wildman–Crippen MR) is 83.4 cm³/mol. The van der Waals surface area contributed by atoms with E-state index < -0.39 is 21.6 Å². The van der Waals surface area contributed by atoms with Gasteiger partial charge in [-0.05, 0) is 36.4 Å². The van der Waals surface area contributed by atoms with Gasteiger partial charge in [0.25, 0.3) is 5.91 Å². The average Bonchev–Trinajstić information content (AvgIpc) is 3.06. The molecule has 0 radical (unpaired) electrons. The number of nitrogens with one attached hydrogen (secondary N) is 2. The first-order chi connectivity index (χ1) is 10.9. The first-order valence-electron chi connectivity index (χ1n) is 6.62. The Morgan fingerprint density at radius 1 is 1.26 bits per heavy atom. The summed E-state index contributed by atoms with van der Waals surface area (Å²) in [5.41, 5.74) is 1.93. The number of hydrogen-bond acceptors (Lipinski definition) is 4. The van der Waals surface area contributed by atoms with Crippen molar-refractivity contribution in [1.29, 1.82) is 0 Å². The lowest BCUT2D eigenvalue weighted by atomic mass is 10.1. The van der Waals surface area contributed by atoms with Crippen molar-refractivity contribution in [3.63, 3.8) is 0 Å². The van der Waals surface area contributed by atoms with Gasteiger partial charge in [0.1, 0.15) is 0 Å². The van der Waals surface area contributed by atoms with Crippen molar-refractivity contribution in [2.45, 2.75) is 4.90 Å². The van der Waals surface area contributed by atoms with Gasteiger partial charge in [0.2, 0.25) is 0 Å². The Bertz CT molecular complexity index is 927. The van der Waals surface area contributed by atoms with Crippen LogP contribution in [0, 0.1) is 0 Å². The van der Waals surface area contributed by atoms with Crippen molar-refractivity contribution in [1.82, 2.24) is 4.98 Å². The summed E-state index contributed by atoms with van der Waals surface area (Å²) in [6.07, 6.45) is 3.31. The molecular formula is C15H12N2O5S. The van der Waals surface area contributed by atoms with Gasteiger partial charge in [0, 0.05) is 23.1 Å². The molecule has 0 bridgehead atoms. The summed E-state index contributed by atoms with van der Waals surface area (Å²) in [6, 6.07) is 7.60. The van der Waals surface area contributed by atoms with Crippen molar-refractivity contribution < 1.29 is 23.1 Å². The highest BCUT2D eigenvalue weighted by molar-refractivity contribution is 7.92. The molecule has 2 heterocycles. The van der Waals surface area contributed by atoms with Crippen molar-refractivity contribution in [2.75, 3.05) is 11.1 Å². The minimum Gasteiger partial charge on any atom is -0.480 e. The Hall–Kier alpha value is -2.87. The standard InChI is InChI=1S/C15H12N2O5S/c18-14(19)8-23(21,22)10-3-4-13-11(7-10)12(15(20)17-13)6-9-2-1-5-16-9/h1-7,16H,8H2,(H,17,20)(H,18,19). The number of anilines is 1. The number of H-pyrrole nitrogens is 1. The van der Waals surface area contributed by atoms with Gasteiger partial charge in [0.05, 0.1) is 10.5 Å². The minimum atomic E-state index is -3.96. The molecule has 23 heavy (non-hydrogen) atoms. The molecule has 8 heteroatoms. The molecule has 1 amide bonds. The quantitative estimate of drug-likeness (QED) is 0.731. The molecule has 3 N–H and O–H groups in total. The first kappa shape index (κ1) is 15.0. The molecule has 1 aromatic heterocycles. The summed E-state index contributed by atoms with van der Waals surface area (Å²) in [6.45, 7) is 0. The number of hydrogen-bond donors (Lipinski definition) is 3. The fraction of sp³-hybridized carbons (Fsp3) is 0.0667. The number of carboxylic acids is 1. The van der Waals surface area contributed by atoms with Crippen LogP contribution in [0.4, 0.5) is 5.69 Å². The molecule has 3 rings (SSSR count). The predicted octanol–water partition coefficient (Wildman–Crippen LogP) is 1.37. The van der Waals surface area contributed by atoms with Crippen molar-refractivity contribution in [3.8, 4) is 0 Å². The van der Waals surface area contributed by atoms with Crippen LogP contribution in [-0.4, -0.2) is 36.1 Å². The molecule has 118 valence electrons. The molecule has 0 unspecified atom stereocenters. The zero-order valence-electron chi connectivity index (χ0n) is 11.7. The van der Waals surface area contributed by atoms with E-state index in [-0.39, 0.29) is 10.8 Å². The molecule has 1 aliphatic heterocycles. The van der Waals surface area contributed by atoms with E-state index in [4.69, 9.17) is 5.11 Å². The molecule has 0 spiro atoms.